The van der Waals surface area contributed by atoms with Gasteiger partial charge in [-0.05, 0) is 78.3 Å². The zero-order valence-corrected chi connectivity index (χ0v) is 16.8. The van der Waals surface area contributed by atoms with Gasteiger partial charge in [-0.3, -0.25) is 4.79 Å². The Hall–Kier alpha value is -1.78. The number of amides is 1. The largest absolute Gasteiger partial charge is 0.352 e. The van der Waals surface area contributed by atoms with E-state index in [9.17, 15) is 13.6 Å². The van der Waals surface area contributed by atoms with Crippen LogP contribution in [0.2, 0.25) is 0 Å². The molecule has 1 saturated heterocycles. The van der Waals surface area contributed by atoms with Crippen molar-refractivity contribution in [2.75, 3.05) is 11.9 Å². The molecule has 0 radical (unpaired) electrons. The fourth-order valence-electron chi connectivity index (χ4n) is 2.74. The Kier molecular flexibility index (Phi) is 6.61. The molecule has 2 aromatic rings. The SMILES string of the molecule is Cc1cc(I)ccc1Nc1c(C(=O)NOC2CCCCO2)ccc(F)c1F. The van der Waals surface area contributed by atoms with Crippen LogP contribution in [-0.4, -0.2) is 18.8 Å². The van der Waals surface area contributed by atoms with Gasteiger partial charge in [0, 0.05) is 22.3 Å². The van der Waals surface area contributed by atoms with Crippen molar-refractivity contribution in [2.45, 2.75) is 32.5 Å². The van der Waals surface area contributed by atoms with E-state index in [-0.39, 0.29) is 11.3 Å². The topological polar surface area (TPSA) is 59.6 Å². The third-order valence-corrected chi connectivity index (χ3v) is 4.88. The van der Waals surface area contributed by atoms with Crippen LogP contribution in [0.5, 0.6) is 0 Å². The van der Waals surface area contributed by atoms with E-state index in [1.165, 1.54) is 6.07 Å². The minimum atomic E-state index is -1.13. The first-order valence-corrected chi connectivity index (χ1v) is 9.62. The van der Waals surface area contributed by atoms with Crippen LogP contribution in [-0.2, 0) is 9.57 Å². The first-order valence-electron chi connectivity index (χ1n) is 8.54. The third kappa shape index (κ3) is 4.94. The second-order valence-corrected chi connectivity index (χ2v) is 7.46. The van der Waals surface area contributed by atoms with Crippen LogP contribution < -0.4 is 10.8 Å². The van der Waals surface area contributed by atoms with E-state index >= 15 is 0 Å². The van der Waals surface area contributed by atoms with Gasteiger partial charge in [-0.25, -0.2) is 19.1 Å². The number of ether oxygens (including phenoxy) is 1. The van der Waals surface area contributed by atoms with Crippen LogP contribution in [0.4, 0.5) is 20.2 Å². The highest BCUT2D eigenvalue weighted by molar-refractivity contribution is 14.1. The summed E-state index contributed by atoms with van der Waals surface area (Å²) in [4.78, 5) is 17.7. The van der Waals surface area contributed by atoms with Gasteiger partial charge >= 0.3 is 0 Å². The van der Waals surface area contributed by atoms with Gasteiger partial charge in [-0.15, -0.1) is 0 Å². The molecule has 1 aliphatic rings. The van der Waals surface area contributed by atoms with Gasteiger partial charge in [0.25, 0.3) is 5.91 Å². The standard InChI is InChI=1S/C19H19F2IN2O3/c1-11-10-12(22)5-8-15(11)23-18-13(6-7-14(20)17(18)21)19(25)24-27-16-4-2-3-9-26-16/h5-8,10,16,23H,2-4,9H2,1H3,(H,24,25). The molecule has 0 saturated carbocycles. The summed E-state index contributed by atoms with van der Waals surface area (Å²) in [5, 5.41) is 2.83. The van der Waals surface area contributed by atoms with Crippen LogP contribution in [0.25, 0.3) is 0 Å². The van der Waals surface area contributed by atoms with E-state index < -0.39 is 23.8 Å². The van der Waals surface area contributed by atoms with Crippen LogP contribution in [0, 0.1) is 22.1 Å². The molecule has 1 heterocycles. The van der Waals surface area contributed by atoms with Crippen LogP contribution in [0.3, 0.4) is 0 Å². The van der Waals surface area contributed by atoms with Gasteiger partial charge in [0.05, 0.1) is 11.3 Å². The Morgan fingerprint density at radius 3 is 2.78 bits per heavy atom. The van der Waals surface area contributed by atoms with E-state index in [1.807, 2.05) is 19.1 Å². The number of nitrogens with one attached hydrogen (secondary N) is 2. The second-order valence-electron chi connectivity index (χ2n) is 6.21. The van der Waals surface area contributed by atoms with Gasteiger partial charge in [-0.2, -0.15) is 0 Å². The fraction of sp³-hybridized carbons (Fsp3) is 0.316. The molecule has 1 atom stereocenters. The highest BCUT2D eigenvalue weighted by Gasteiger charge is 2.22. The van der Waals surface area contributed by atoms with Gasteiger partial charge in [0.2, 0.25) is 0 Å². The Morgan fingerprint density at radius 1 is 1.26 bits per heavy atom. The summed E-state index contributed by atoms with van der Waals surface area (Å²) in [7, 11) is 0. The normalized spacial score (nSPS) is 16.8. The molecule has 8 heteroatoms. The zero-order valence-electron chi connectivity index (χ0n) is 14.7. The molecule has 2 N–H and O–H groups in total. The molecule has 2 aromatic carbocycles. The fourth-order valence-corrected chi connectivity index (χ4v) is 3.39. The molecular weight excluding hydrogens is 469 g/mol. The van der Waals surface area contributed by atoms with E-state index in [0.717, 1.165) is 28.0 Å². The molecule has 0 bridgehead atoms. The van der Waals surface area contributed by atoms with Crippen LogP contribution in [0.1, 0.15) is 35.2 Å². The molecule has 1 aliphatic heterocycles. The molecule has 1 unspecified atom stereocenters. The quantitative estimate of drug-likeness (QED) is 0.469. The second kappa shape index (κ2) is 8.94. The highest BCUT2D eigenvalue weighted by atomic mass is 127. The summed E-state index contributed by atoms with van der Waals surface area (Å²) in [6, 6.07) is 7.59. The lowest BCUT2D eigenvalue weighted by Gasteiger charge is -2.22. The number of carbonyl (C=O) groups excluding carboxylic acids is 1. The first-order chi connectivity index (χ1) is 13.0. The average molecular weight is 488 g/mol. The summed E-state index contributed by atoms with van der Waals surface area (Å²) >= 11 is 2.16. The van der Waals surface area contributed by atoms with Crippen LogP contribution >= 0.6 is 22.6 Å². The minimum absolute atomic E-state index is 0.0670. The number of hydroxylamine groups is 1. The summed E-state index contributed by atoms with van der Waals surface area (Å²) in [6.07, 6.45) is 2.00. The molecule has 5 nitrogen and oxygen atoms in total. The lowest BCUT2D eigenvalue weighted by atomic mass is 10.1. The van der Waals surface area contributed by atoms with Gasteiger partial charge in [-0.1, -0.05) is 0 Å². The lowest BCUT2D eigenvalue weighted by molar-refractivity contribution is -0.186. The smallest absolute Gasteiger partial charge is 0.277 e. The first kappa shape index (κ1) is 20.0. The molecule has 0 spiro atoms. The number of carbonyl (C=O) groups is 1. The summed E-state index contributed by atoms with van der Waals surface area (Å²) in [5.74, 6) is -2.86. The van der Waals surface area contributed by atoms with Gasteiger partial charge in [0.1, 0.15) is 0 Å². The summed E-state index contributed by atoms with van der Waals surface area (Å²) < 4.78 is 34.6. The third-order valence-electron chi connectivity index (χ3n) is 4.21. The Balaban J connectivity index is 1.82. The number of hydrogen-bond donors (Lipinski definition) is 2. The average Bonchev–Trinajstić information content (AvgIpc) is 2.66. The van der Waals surface area contributed by atoms with E-state index in [1.54, 1.807) is 6.07 Å². The summed E-state index contributed by atoms with van der Waals surface area (Å²) in [6.45, 7) is 2.40. The van der Waals surface area contributed by atoms with E-state index in [0.29, 0.717) is 18.7 Å². The molecule has 0 aromatic heterocycles. The molecule has 144 valence electrons. The van der Waals surface area contributed by atoms with Gasteiger partial charge in [0.15, 0.2) is 17.9 Å². The number of aryl methyl sites for hydroxylation is 1. The Morgan fingerprint density at radius 2 is 2.07 bits per heavy atom. The Bertz CT molecular complexity index is 842. The maximum Gasteiger partial charge on any atom is 0.277 e. The molecule has 3 rings (SSSR count). The van der Waals surface area contributed by atoms with Crippen LogP contribution in [0.15, 0.2) is 30.3 Å². The maximum absolute atomic E-state index is 14.4. The van der Waals surface area contributed by atoms with Crippen molar-refractivity contribution in [3.63, 3.8) is 0 Å². The molecular formula is C19H19F2IN2O3. The molecule has 1 fully saturated rings. The lowest BCUT2D eigenvalue weighted by Crippen LogP contribution is -2.33. The van der Waals surface area contributed by atoms with Crippen molar-refractivity contribution < 1.29 is 23.1 Å². The van der Waals surface area contributed by atoms with Crippen molar-refractivity contribution in [1.82, 2.24) is 5.48 Å². The molecule has 0 aliphatic carbocycles. The summed E-state index contributed by atoms with van der Waals surface area (Å²) in [5.41, 5.74) is 3.37. The number of rotatable bonds is 5. The highest BCUT2D eigenvalue weighted by Crippen LogP contribution is 2.29. The predicted octanol–water partition coefficient (Wildman–Crippen LogP) is 4.81. The monoisotopic (exact) mass is 488 g/mol. The van der Waals surface area contributed by atoms with Crippen molar-refractivity contribution in [2.24, 2.45) is 0 Å². The van der Waals surface area contributed by atoms with Crippen molar-refractivity contribution in [3.8, 4) is 0 Å². The maximum atomic E-state index is 14.4. The minimum Gasteiger partial charge on any atom is -0.352 e. The van der Waals surface area contributed by atoms with Crippen molar-refractivity contribution >= 4 is 39.9 Å². The molecule has 27 heavy (non-hydrogen) atoms. The number of hydrogen-bond acceptors (Lipinski definition) is 4. The number of halogens is 3. The van der Waals surface area contributed by atoms with Crippen molar-refractivity contribution in [3.05, 3.63) is 56.7 Å². The van der Waals surface area contributed by atoms with Crippen molar-refractivity contribution in [1.29, 1.82) is 0 Å². The van der Waals surface area contributed by atoms with Gasteiger partial charge < -0.3 is 10.1 Å². The Labute approximate surface area is 169 Å². The molecule has 1 amide bonds. The van der Waals surface area contributed by atoms with E-state index in [4.69, 9.17) is 9.57 Å². The predicted molar refractivity (Wildman–Crippen MR) is 106 cm³/mol. The zero-order chi connectivity index (χ0) is 19.4. The number of benzene rings is 2. The van der Waals surface area contributed by atoms with E-state index in [2.05, 4.69) is 33.4 Å². The number of anilines is 2.